The molecule has 0 radical (unpaired) electrons. The second-order valence-electron chi connectivity index (χ2n) is 4.89. The number of aryl methyl sites for hydroxylation is 2. The maximum Gasteiger partial charge on any atom is 0.257 e. The summed E-state index contributed by atoms with van der Waals surface area (Å²) in [5.41, 5.74) is 3.85. The summed E-state index contributed by atoms with van der Waals surface area (Å²) in [6.07, 6.45) is 0. The molecule has 0 aliphatic rings. The fraction of sp³-hybridized carbons (Fsp3) is 0.125. The summed E-state index contributed by atoms with van der Waals surface area (Å²) in [5.74, 6) is -0.204. The largest absolute Gasteiger partial charge is 0.298 e. The average Bonchev–Trinajstić information content (AvgIpc) is 2.80. The summed E-state index contributed by atoms with van der Waals surface area (Å²) in [5, 5.41) is 3.96. The SMILES string of the molecule is Cc1cc2nc(NC(=O)c3cccc(Cl)c3)sc2cc1C. The second kappa shape index (κ2) is 5.47. The number of hydrogen-bond donors (Lipinski definition) is 1. The molecule has 5 heteroatoms. The van der Waals surface area contributed by atoms with Gasteiger partial charge in [-0.15, -0.1) is 0 Å². The van der Waals surface area contributed by atoms with E-state index in [0.29, 0.717) is 15.7 Å². The van der Waals surface area contributed by atoms with Crippen LogP contribution in [0, 0.1) is 13.8 Å². The van der Waals surface area contributed by atoms with Crippen LogP contribution < -0.4 is 5.32 Å². The normalized spacial score (nSPS) is 10.8. The minimum absolute atomic E-state index is 0.204. The van der Waals surface area contributed by atoms with E-state index in [2.05, 4.69) is 30.2 Å². The van der Waals surface area contributed by atoms with Crippen LogP contribution in [0.5, 0.6) is 0 Å². The van der Waals surface area contributed by atoms with Crippen LogP contribution >= 0.6 is 22.9 Å². The summed E-state index contributed by atoms with van der Waals surface area (Å²) >= 11 is 7.37. The third kappa shape index (κ3) is 2.91. The van der Waals surface area contributed by atoms with Crippen LogP contribution in [0.15, 0.2) is 36.4 Å². The fourth-order valence-electron chi connectivity index (χ4n) is 2.03. The van der Waals surface area contributed by atoms with Crippen LogP contribution in [0.4, 0.5) is 5.13 Å². The van der Waals surface area contributed by atoms with Gasteiger partial charge in [0, 0.05) is 10.6 Å². The van der Waals surface area contributed by atoms with Crippen LogP contribution in [0.25, 0.3) is 10.2 Å². The van der Waals surface area contributed by atoms with E-state index >= 15 is 0 Å². The number of carbonyl (C=O) groups is 1. The smallest absolute Gasteiger partial charge is 0.257 e. The lowest BCUT2D eigenvalue weighted by Gasteiger charge is -2.01. The van der Waals surface area contributed by atoms with Crippen molar-refractivity contribution in [1.82, 2.24) is 4.98 Å². The van der Waals surface area contributed by atoms with Gasteiger partial charge < -0.3 is 0 Å². The van der Waals surface area contributed by atoms with Crippen molar-refractivity contribution < 1.29 is 4.79 Å². The van der Waals surface area contributed by atoms with E-state index in [-0.39, 0.29) is 5.91 Å². The number of hydrogen-bond acceptors (Lipinski definition) is 3. The Labute approximate surface area is 131 Å². The molecule has 0 aliphatic heterocycles. The van der Waals surface area contributed by atoms with Crippen LogP contribution in [-0.2, 0) is 0 Å². The van der Waals surface area contributed by atoms with Crippen molar-refractivity contribution in [3.8, 4) is 0 Å². The molecule has 1 aromatic heterocycles. The first-order valence-electron chi connectivity index (χ1n) is 6.47. The first-order valence-corrected chi connectivity index (χ1v) is 7.67. The van der Waals surface area contributed by atoms with Crippen molar-refractivity contribution in [2.75, 3.05) is 5.32 Å². The molecular weight excluding hydrogens is 304 g/mol. The molecule has 0 spiro atoms. The van der Waals surface area contributed by atoms with Gasteiger partial charge in [-0.3, -0.25) is 10.1 Å². The van der Waals surface area contributed by atoms with Gasteiger partial charge in [0.25, 0.3) is 5.91 Å². The zero-order chi connectivity index (χ0) is 15.0. The second-order valence-corrected chi connectivity index (χ2v) is 6.35. The molecule has 0 atom stereocenters. The van der Waals surface area contributed by atoms with Gasteiger partial charge in [-0.05, 0) is 55.3 Å². The van der Waals surface area contributed by atoms with Crippen LogP contribution in [0.2, 0.25) is 5.02 Å². The lowest BCUT2D eigenvalue weighted by Crippen LogP contribution is -2.11. The standard InChI is InChI=1S/C16H13ClN2OS/c1-9-6-13-14(7-10(9)2)21-16(18-13)19-15(20)11-4-3-5-12(17)8-11/h3-8H,1-2H3,(H,18,19,20). The Hall–Kier alpha value is -1.91. The third-order valence-electron chi connectivity index (χ3n) is 3.31. The molecule has 0 saturated heterocycles. The van der Waals surface area contributed by atoms with E-state index < -0.39 is 0 Å². The molecule has 3 nitrogen and oxygen atoms in total. The number of halogens is 1. The van der Waals surface area contributed by atoms with Gasteiger partial charge in [0.05, 0.1) is 10.2 Å². The zero-order valence-electron chi connectivity index (χ0n) is 11.6. The van der Waals surface area contributed by atoms with Crippen molar-refractivity contribution in [3.63, 3.8) is 0 Å². The molecule has 1 N–H and O–H groups in total. The number of amides is 1. The number of carbonyl (C=O) groups excluding carboxylic acids is 1. The van der Waals surface area contributed by atoms with Gasteiger partial charge in [0.1, 0.15) is 0 Å². The van der Waals surface area contributed by atoms with Crippen LogP contribution in [0.3, 0.4) is 0 Å². The maximum absolute atomic E-state index is 12.2. The van der Waals surface area contributed by atoms with E-state index in [1.807, 2.05) is 6.07 Å². The summed E-state index contributed by atoms with van der Waals surface area (Å²) in [4.78, 5) is 16.6. The van der Waals surface area contributed by atoms with E-state index in [1.54, 1.807) is 24.3 Å². The van der Waals surface area contributed by atoms with Crippen LogP contribution in [0.1, 0.15) is 21.5 Å². The van der Waals surface area contributed by atoms with Gasteiger partial charge >= 0.3 is 0 Å². The topological polar surface area (TPSA) is 42.0 Å². The molecule has 0 saturated carbocycles. The Morgan fingerprint density at radius 2 is 1.95 bits per heavy atom. The first kappa shape index (κ1) is 14.0. The van der Waals surface area contributed by atoms with Crippen molar-refractivity contribution in [1.29, 1.82) is 0 Å². The summed E-state index contributed by atoms with van der Waals surface area (Å²) in [6, 6.07) is 11.0. The number of nitrogens with zero attached hydrogens (tertiary/aromatic N) is 1. The van der Waals surface area contributed by atoms with Crippen molar-refractivity contribution in [2.45, 2.75) is 13.8 Å². The molecule has 0 aliphatic carbocycles. The summed E-state index contributed by atoms with van der Waals surface area (Å²) in [7, 11) is 0. The quantitative estimate of drug-likeness (QED) is 0.736. The minimum Gasteiger partial charge on any atom is -0.298 e. The number of benzene rings is 2. The number of rotatable bonds is 2. The van der Waals surface area contributed by atoms with Crippen molar-refractivity contribution >= 4 is 44.2 Å². The van der Waals surface area contributed by atoms with E-state index in [0.717, 1.165) is 10.2 Å². The lowest BCUT2D eigenvalue weighted by molar-refractivity contribution is 0.102. The maximum atomic E-state index is 12.2. The molecular formula is C16H13ClN2OS. The summed E-state index contributed by atoms with van der Waals surface area (Å²) < 4.78 is 1.07. The van der Waals surface area contributed by atoms with E-state index in [1.165, 1.54) is 22.5 Å². The zero-order valence-corrected chi connectivity index (χ0v) is 13.2. The number of anilines is 1. The highest BCUT2D eigenvalue weighted by Gasteiger charge is 2.11. The molecule has 0 fully saturated rings. The average molecular weight is 317 g/mol. The lowest BCUT2D eigenvalue weighted by atomic mass is 10.1. The molecule has 3 rings (SSSR count). The predicted molar refractivity (Wildman–Crippen MR) is 88.5 cm³/mol. The molecule has 2 aromatic carbocycles. The van der Waals surface area contributed by atoms with Gasteiger partial charge in [0.2, 0.25) is 0 Å². The number of fused-ring (bicyclic) bond motifs is 1. The highest BCUT2D eigenvalue weighted by atomic mass is 35.5. The Morgan fingerprint density at radius 1 is 1.19 bits per heavy atom. The van der Waals surface area contributed by atoms with Gasteiger partial charge in [-0.2, -0.15) is 0 Å². The Morgan fingerprint density at radius 3 is 2.71 bits per heavy atom. The third-order valence-corrected chi connectivity index (χ3v) is 4.48. The highest BCUT2D eigenvalue weighted by molar-refractivity contribution is 7.22. The van der Waals surface area contributed by atoms with E-state index in [9.17, 15) is 4.79 Å². The Bertz CT molecular complexity index is 802. The van der Waals surface area contributed by atoms with Gasteiger partial charge in [0.15, 0.2) is 5.13 Å². The Kier molecular flexibility index (Phi) is 3.66. The van der Waals surface area contributed by atoms with Crippen molar-refractivity contribution in [2.24, 2.45) is 0 Å². The summed E-state index contributed by atoms with van der Waals surface area (Å²) in [6.45, 7) is 4.12. The molecule has 3 aromatic rings. The molecule has 0 bridgehead atoms. The Balaban J connectivity index is 1.89. The van der Waals surface area contributed by atoms with Gasteiger partial charge in [-0.25, -0.2) is 4.98 Å². The van der Waals surface area contributed by atoms with E-state index in [4.69, 9.17) is 11.6 Å². The predicted octanol–water partition coefficient (Wildman–Crippen LogP) is 4.82. The monoisotopic (exact) mass is 316 g/mol. The number of nitrogens with one attached hydrogen (secondary N) is 1. The molecule has 0 unspecified atom stereocenters. The highest BCUT2D eigenvalue weighted by Crippen LogP contribution is 2.28. The molecule has 1 heterocycles. The molecule has 106 valence electrons. The first-order chi connectivity index (χ1) is 10.0. The minimum atomic E-state index is -0.204. The van der Waals surface area contributed by atoms with Crippen LogP contribution in [-0.4, -0.2) is 10.9 Å². The molecule has 21 heavy (non-hydrogen) atoms. The van der Waals surface area contributed by atoms with Crippen molar-refractivity contribution in [3.05, 3.63) is 58.1 Å². The van der Waals surface area contributed by atoms with Gasteiger partial charge in [-0.1, -0.05) is 29.0 Å². The fourth-order valence-corrected chi connectivity index (χ4v) is 3.16. The molecule has 1 amide bonds. The number of thiazole rings is 1. The number of aromatic nitrogens is 1.